The van der Waals surface area contributed by atoms with E-state index in [0.717, 1.165) is 11.5 Å². The van der Waals surface area contributed by atoms with Gasteiger partial charge in [0.15, 0.2) is 0 Å². The smallest absolute Gasteiger partial charge is 0.132 e. The summed E-state index contributed by atoms with van der Waals surface area (Å²) in [7, 11) is 0. The second-order valence-corrected chi connectivity index (χ2v) is 16.4. The van der Waals surface area contributed by atoms with Crippen LogP contribution < -0.4 is 4.74 Å². The summed E-state index contributed by atoms with van der Waals surface area (Å²) >= 11 is 0. The maximum absolute atomic E-state index is 6.95. The van der Waals surface area contributed by atoms with Crippen molar-refractivity contribution in [3.05, 3.63) is 195 Å². The van der Waals surface area contributed by atoms with Crippen LogP contribution in [0.4, 0.5) is 0 Å². The Morgan fingerprint density at radius 1 is 0.566 bits per heavy atom. The molecule has 5 aliphatic carbocycles. The molecule has 6 aliphatic rings. The van der Waals surface area contributed by atoms with Crippen LogP contribution in [0.5, 0.6) is 11.5 Å². The van der Waals surface area contributed by atoms with Crippen LogP contribution in [0.15, 0.2) is 139 Å². The average molecular weight is 683 g/mol. The van der Waals surface area contributed by atoms with Crippen molar-refractivity contribution in [3.63, 3.8) is 0 Å². The minimum atomic E-state index is -0.401. The molecule has 6 aromatic rings. The molecule has 0 fully saturated rings. The first-order chi connectivity index (χ1) is 26.2. The Hall–Kier alpha value is -5.40. The van der Waals surface area contributed by atoms with E-state index < -0.39 is 5.41 Å². The first kappa shape index (κ1) is 30.1. The molecule has 3 atom stereocenters. The number of rotatable bonds is 7. The van der Waals surface area contributed by atoms with Gasteiger partial charge in [-0.25, -0.2) is 0 Å². The molecule has 1 aliphatic heterocycles. The highest BCUT2D eigenvalue weighted by molar-refractivity contribution is 5.94. The first-order valence-electron chi connectivity index (χ1n) is 20.0. The topological polar surface area (TPSA) is 9.23 Å². The summed E-state index contributed by atoms with van der Waals surface area (Å²) in [5.41, 5.74) is 22.4. The van der Waals surface area contributed by atoms with E-state index >= 15 is 0 Å². The van der Waals surface area contributed by atoms with Gasteiger partial charge in [0, 0.05) is 28.4 Å². The molecule has 0 bridgehead atoms. The third kappa shape index (κ3) is 3.55. The molecule has 1 heteroatoms. The Kier molecular flexibility index (Phi) is 6.02. The van der Waals surface area contributed by atoms with Crippen LogP contribution in [0.2, 0.25) is 0 Å². The maximum Gasteiger partial charge on any atom is 0.132 e. The molecule has 0 radical (unpaired) electrons. The lowest BCUT2D eigenvalue weighted by atomic mass is 9.57. The zero-order chi connectivity index (χ0) is 35.1. The molecule has 0 saturated heterocycles. The Morgan fingerprint density at radius 3 is 2.08 bits per heavy atom. The lowest BCUT2D eigenvalue weighted by molar-refractivity contribution is 0.414. The van der Waals surface area contributed by atoms with Gasteiger partial charge in [0.1, 0.15) is 11.5 Å². The van der Waals surface area contributed by atoms with Gasteiger partial charge < -0.3 is 4.74 Å². The van der Waals surface area contributed by atoms with Gasteiger partial charge in [-0.1, -0.05) is 155 Å². The van der Waals surface area contributed by atoms with Gasteiger partial charge in [0.2, 0.25) is 0 Å². The van der Waals surface area contributed by atoms with Gasteiger partial charge >= 0.3 is 0 Å². The van der Waals surface area contributed by atoms with Gasteiger partial charge in [-0.3, -0.25) is 0 Å². The Morgan fingerprint density at radius 2 is 1.25 bits per heavy atom. The fraction of sp³-hybridized carbons (Fsp3) is 0.231. The molecule has 256 valence electrons. The van der Waals surface area contributed by atoms with Crippen LogP contribution in [0.25, 0.3) is 27.8 Å². The third-order valence-corrected chi connectivity index (χ3v) is 14.0. The SMILES string of the molecule is CCCCC1(CCCC)c2ccccc2-c2ccc(C3=CC4C(=C3)C35c6ccccc6C6c7ccccc7-c7ccc(c3c76)Oc3cccc4c35)cc21. The molecule has 6 aromatic carbocycles. The second-order valence-electron chi connectivity index (χ2n) is 16.4. The molecule has 1 heterocycles. The van der Waals surface area contributed by atoms with Crippen molar-refractivity contribution < 1.29 is 4.74 Å². The van der Waals surface area contributed by atoms with Crippen LogP contribution in [0, 0.1) is 0 Å². The van der Waals surface area contributed by atoms with E-state index in [9.17, 15) is 0 Å². The number of unbranched alkanes of at least 4 members (excludes halogenated alkanes) is 2. The van der Waals surface area contributed by atoms with E-state index in [1.54, 1.807) is 11.1 Å². The summed E-state index contributed by atoms with van der Waals surface area (Å²) in [6, 6.07) is 46.6. The van der Waals surface area contributed by atoms with E-state index in [1.165, 1.54) is 116 Å². The second kappa shape index (κ2) is 10.6. The van der Waals surface area contributed by atoms with Crippen molar-refractivity contribution in [3.8, 4) is 33.8 Å². The van der Waals surface area contributed by atoms with Crippen molar-refractivity contribution in [2.24, 2.45) is 0 Å². The highest BCUT2D eigenvalue weighted by Crippen LogP contribution is 2.72. The Balaban J connectivity index is 1.10. The summed E-state index contributed by atoms with van der Waals surface area (Å²) in [5, 5.41) is 0. The average Bonchev–Trinajstić information content (AvgIpc) is 3.94. The first-order valence-corrected chi connectivity index (χ1v) is 20.0. The quantitative estimate of drug-likeness (QED) is 0.163. The summed E-state index contributed by atoms with van der Waals surface area (Å²) in [5.74, 6) is 2.43. The molecule has 12 rings (SSSR count). The predicted octanol–water partition coefficient (Wildman–Crippen LogP) is 13.4. The molecular formula is C52H42O. The Labute approximate surface area is 312 Å². The standard InChI is InChI=1S/C52H42O/c1-3-5-26-51(27-6-4-2)41-19-11-9-15-34(41)35-23-22-31(29-43(35)51)32-28-40-38-18-13-21-45-49(38)52(44(40)30-32)42-20-12-10-17-39(42)47-36-16-8-7-14-33(36)37-24-25-46(53-45)50(52)48(37)47/h7-25,28-30,40,47H,3-6,26-27H2,1-2H3. The summed E-state index contributed by atoms with van der Waals surface area (Å²) in [4.78, 5) is 0. The fourth-order valence-corrected chi connectivity index (χ4v) is 12.0. The van der Waals surface area contributed by atoms with Crippen LogP contribution in [-0.4, -0.2) is 0 Å². The molecule has 53 heavy (non-hydrogen) atoms. The Bertz CT molecular complexity index is 2640. The molecule has 1 nitrogen and oxygen atoms in total. The van der Waals surface area contributed by atoms with Gasteiger partial charge in [-0.15, -0.1) is 0 Å². The summed E-state index contributed by atoms with van der Waals surface area (Å²) in [6.45, 7) is 4.69. The van der Waals surface area contributed by atoms with Crippen molar-refractivity contribution in [1.82, 2.24) is 0 Å². The van der Waals surface area contributed by atoms with Crippen LogP contribution in [-0.2, 0) is 10.8 Å². The molecule has 0 N–H and O–H groups in total. The minimum absolute atomic E-state index is 0.0723. The number of fused-ring (bicyclic) bond motifs is 10. The van der Waals surface area contributed by atoms with E-state index in [4.69, 9.17) is 4.74 Å². The zero-order valence-corrected chi connectivity index (χ0v) is 30.5. The van der Waals surface area contributed by atoms with Crippen molar-refractivity contribution in [2.75, 3.05) is 0 Å². The lowest BCUT2D eigenvalue weighted by Crippen LogP contribution is -2.38. The van der Waals surface area contributed by atoms with Crippen LogP contribution in [0.1, 0.15) is 120 Å². The van der Waals surface area contributed by atoms with Crippen LogP contribution >= 0.6 is 0 Å². The molecular weight excluding hydrogens is 641 g/mol. The maximum atomic E-state index is 6.95. The molecule has 1 spiro atoms. The number of allylic oxidation sites excluding steroid dienone is 4. The van der Waals surface area contributed by atoms with Crippen molar-refractivity contribution in [1.29, 1.82) is 0 Å². The number of ether oxygens (including phenoxy) is 1. The van der Waals surface area contributed by atoms with Gasteiger partial charge in [0.05, 0.1) is 5.41 Å². The monoisotopic (exact) mass is 682 g/mol. The number of benzene rings is 6. The van der Waals surface area contributed by atoms with Gasteiger partial charge in [-0.05, 0) is 109 Å². The minimum Gasteiger partial charge on any atom is -0.457 e. The highest BCUT2D eigenvalue weighted by atomic mass is 16.5. The zero-order valence-electron chi connectivity index (χ0n) is 30.5. The van der Waals surface area contributed by atoms with E-state index in [-0.39, 0.29) is 17.3 Å². The number of hydrogen-bond acceptors (Lipinski definition) is 1. The molecule has 0 saturated carbocycles. The highest BCUT2D eigenvalue weighted by Gasteiger charge is 2.61. The summed E-state index contributed by atoms with van der Waals surface area (Å²) in [6.07, 6.45) is 12.5. The van der Waals surface area contributed by atoms with E-state index in [1.807, 2.05) is 0 Å². The molecule has 0 amide bonds. The van der Waals surface area contributed by atoms with Gasteiger partial charge in [0.25, 0.3) is 0 Å². The van der Waals surface area contributed by atoms with E-state index in [0.29, 0.717) is 0 Å². The van der Waals surface area contributed by atoms with Crippen molar-refractivity contribution >= 4 is 5.57 Å². The normalized spacial score (nSPS) is 21.7. The lowest BCUT2D eigenvalue weighted by Gasteiger charge is -2.46. The third-order valence-electron chi connectivity index (χ3n) is 14.0. The van der Waals surface area contributed by atoms with Crippen LogP contribution in [0.3, 0.4) is 0 Å². The predicted molar refractivity (Wildman–Crippen MR) is 216 cm³/mol. The fourth-order valence-electron chi connectivity index (χ4n) is 12.0. The summed E-state index contributed by atoms with van der Waals surface area (Å²) < 4.78 is 6.95. The molecule has 3 unspecified atom stereocenters. The molecule has 0 aromatic heterocycles. The largest absolute Gasteiger partial charge is 0.457 e. The van der Waals surface area contributed by atoms with E-state index in [2.05, 4.69) is 147 Å². The van der Waals surface area contributed by atoms with Gasteiger partial charge in [-0.2, -0.15) is 0 Å². The number of hydrogen-bond donors (Lipinski definition) is 0. The van der Waals surface area contributed by atoms with Crippen molar-refractivity contribution in [2.45, 2.75) is 75.0 Å².